The lowest BCUT2D eigenvalue weighted by Crippen LogP contribution is -2.12. The molecule has 0 N–H and O–H groups in total. The zero-order chi connectivity index (χ0) is 9.31. The SMILES string of the molecule is CC(=O)C1(CCc2cccs2)CC1. The summed E-state index contributed by atoms with van der Waals surface area (Å²) in [6.07, 6.45) is 4.38. The Balaban J connectivity index is 1.90. The fourth-order valence-electron chi connectivity index (χ4n) is 1.75. The van der Waals surface area contributed by atoms with Gasteiger partial charge < -0.3 is 0 Å². The van der Waals surface area contributed by atoms with E-state index >= 15 is 0 Å². The van der Waals surface area contributed by atoms with Crippen molar-refractivity contribution in [3.05, 3.63) is 22.4 Å². The average Bonchev–Trinajstić information content (AvgIpc) is 2.73. The van der Waals surface area contributed by atoms with Crippen LogP contribution in [0.3, 0.4) is 0 Å². The molecule has 70 valence electrons. The lowest BCUT2D eigenvalue weighted by molar-refractivity contribution is -0.122. The predicted octanol–water partition coefficient (Wildman–Crippen LogP) is 3.05. The Hall–Kier alpha value is -0.630. The zero-order valence-corrected chi connectivity index (χ0v) is 8.69. The average molecular weight is 194 g/mol. The Morgan fingerprint density at radius 1 is 1.62 bits per heavy atom. The molecule has 0 aliphatic heterocycles. The van der Waals surface area contributed by atoms with Gasteiger partial charge in [-0.05, 0) is 44.1 Å². The number of carbonyl (C=O) groups excluding carboxylic acids is 1. The van der Waals surface area contributed by atoms with Gasteiger partial charge in [0.15, 0.2) is 0 Å². The Bertz CT molecular complexity index is 296. The standard InChI is InChI=1S/C11H14OS/c1-9(12)11(6-7-11)5-4-10-3-2-8-13-10/h2-3,8H,4-7H2,1H3. The lowest BCUT2D eigenvalue weighted by atomic mass is 9.95. The van der Waals surface area contributed by atoms with Crippen LogP contribution in [0.4, 0.5) is 0 Å². The van der Waals surface area contributed by atoms with Gasteiger partial charge >= 0.3 is 0 Å². The maximum atomic E-state index is 11.3. The van der Waals surface area contributed by atoms with E-state index < -0.39 is 0 Å². The summed E-state index contributed by atoms with van der Waals surface area (Å²) in [5, 5.41) is 2.10. The number of carbonyl (C=O) groups is 1. The van der Waals surface area contributed by atoms with Crippen molar-refractivity contribution in [1.82, 2.24) is 0 Å². The minimum Gasteiger partial charge on any atom is -0.299 e. The molecule has 13 heavy (non-hydrogen) atoms. The number of hydrogen-bond donors (Lipinski definition) is 0. The molecule has 0 spiro atoms. The first-order valence-electron chi connectivity index (χ1n) is 4.76. The van der Waals surface area contributed by atoms with Crippen LogP contribution in [0.5, 0.6) is 0 Å². The highest BCUT2D eigenvalue weighted by atomic mass is 32.1. The first-order valence-corrected chi connectivity index (χ1v) is 5.64. The van der Waals surface area contributed by atoms with Gasteiger partial charge in [0, 0.05) is 10.3 Å². The summed E-state index contributed by atoms with van der Waals surface area (Å²) in [5.74, 6) is 0.393. The van der Waals surface area contributed by atoms with Crippen LogP contribution in [0.1, 0.15) is 31.1 Å². The monoisotopic (exact) mass is 194 g/mol. The second-order valence-electron chi connectivity index (χ2n) is 3.92. The second kappa shape index (κ2) is 3.26. The van der Waals surface area contributed by atoms with Crippen LogP contribution in [-0.2, 0) is 11.2 Å². The third-order valence-electron chi connectivity index (χ3n) is 3.03. The minimum absolute atomic E-state index is 0.0873. The summed E-state index contributed by atoms with van der Waals surface area (Å²) in [6, 6.07) is 4.23. The number of ketones is 1. The molecule has 1 fully saturated rings. The maximum Gasteiger partial charge on any atom is 0.135 e. The van der Waals surface area contributed by atoms with Gasteiger partial charge in [-0.2, -0.15) is 0 Å². The number of Topliss-reactive ketones (excluding diaryl/α,β-unsaturated/α-hetero) is 1. The van der Waals surface area contributed by atoms with E-state index in [0.29, 0.717) is 5.78 Å². The van der Waals surface area contributed by atoms with Crippen molar-refractivity contribution in [2.75, 3.05) is 0 Å². The highest BCUT2D eigenvalue weighted by Gasteiger charge is 2.46. The quantitative estimate of drug-likeness (QED) is 0.720. The molecule has 2 rings (SSSR count). The number of rotatable bonds is 4. The van der Waals surface area contributed by atoms with Gasteiger partial charge in [0.1, 0.15) is 5.78 Å². The van der Waals surface area contributed by atoms with Crippen molar-refractivity contribution in [2.24, 2.45) is 5.41 Å². The number of thiophene rings is 1. The topological polar surface area (TPSA) is 17.1 Å². The second-order valence-corrected chi connectivity index (χ2v) is 4.95. The third-order valence-corrected chi connectivity index (χ3v) is 3.97. The smallest absolute Gasteiger partial charge is 0.135 e. The summed E-state index contributed by atoms with van der Waals surface area (Å²) in [7, 11) is 0. The molecule has 1 aromatic heterocycles. The lowest BCUT2D eigenvalue weighted by Gasteiger charge is -2.09. The maximum absolute atomic E-state index is 11.3. The molecule has 1 aromatic rings. The van der Waals surface area contributed by atoms with Gasteiger partial charge in [-0.3, -0.25) is 4.79 Å². The van der Waals surface area contributed by atoms with Gasteiger partial charge in [-0.1, -0.05) is 6.07 Å². The Kier molecular flexibility index (Phi) is 2.24. The molecule has 0 radical (unpaired) electrons. The van der Waals surface area contributed by atoms with Crippen molar-refractivity contribution >= 4 is 17.1 Å². The van der Waals surface area contributed by atoms with E-state index in [4.69, 9.17) is 0 Å². The minimum atomic E-state index is 0.0873. The first kappa shape index (κ1) is 8.95. The largest absolute Gasteiger partial charge is 0.299 e. The fraction of sp³-hybridized carbons (Fsp3) is 0.545. The molecule has 0 amide bonds. The summed E-state index contributed by atoms with van der Waals surface area (Å²) in [6.45, 7) is 1.74. The van der Waals surface area contributed by atoms with E-state index in [0.717, 1.165) is 25.7 Å². The summed E-state index contributed by atoms with van der Waals surface area (Å²) >= 11 is 1.79. The van der Waals surface area contributed by atoms with Gasteiger partial charge in [-0.25, -0.2) is 0 Å². The van der Waals surface area contributed by atoms with E-state index in [9.17, 15) is 4.79 Å². The molecule has 0 aromatic carbocycles. The zero-order valence-electron chi connectivity index (χ0n) is 7.88. The predicted molar refractivity (Wildman–Crippen MR) is 55.0 cm³/mol. The van der Waals surface area contributed by atoms with Crippen LogP contribution < -0.4 is 0 Å². The molecule has 1 aliphatic carbocycles. The van der Waals surface area contributed by atoms with Crippen LogP contribution in [0, 0.1) is 5.41 Å². The van der Waals surface area contributed by atoms with Crippen molar-refractivity contribution in [3.63, 3.8) is 0 Å². The van der Waals surface area contributed by atoms with Gasteiger partial charge in [0.2, 0.25) is 0 Å². The Labute approximate surface area is 82.8 Å². The van der Waals surface area contributed by atoms with Crippen LogP contribution in [0.2, 0.25) is 0 Å². The van der Waals surface area contributed by atoms with E-state index in [1.54, 1.807) is 18.3 Å². The van der Waals surface area contributed by atoms with Crippen LogP contribution in [0.25, 0.3) is 0 Å². The molecule has 0 unspecified atom stereocenters. The molecule has 0 saturated heterocycles. The van der Waals surface area contributed by atoms with Gasteiger partial charge in [0.25, 0.3) is 0 Å². The van der Waals surface area contributed by atoms with Crippen LogP contribution >= 0.6 is 11.3 Å². The number of aryl methyl sites for hydroxylation is 1. The molecule has 0 atom stereocenters. The highest BCUT2D eigenvalue weighted by Crippen LogP contribution is 2.50. The highest BCUT2D eigenvalue weighted by molar-refractivity contribution is 7.09. The Morgan fingerprint density at radius 2 is 2.38 bits per heavy atom. The van der Waals surface area contributed by atoms with Gasteiger partial charge in [-0.15, -0.1) is 11.3 Å². The van der Waals surface area contributed by atoms with Crippen LogP contribution in [-0.4, -0.2) is 5.78 Å². The summed E-state index contributed by atoms with van der Waals surface area (Å²) in [4.78, 5) is 12.7. The summed E-state index contributed by atoms with van der Waals surface area (Å²) < 4.78 is 0. The van der Waals surface area contributed by atoms with Crippen molar-refractivity contribution in [3.8, 4) is 0 Å². The molecular formula is C11H14OS. The van der Waals surface area contributed by atoms with Gasteiger partial charge in [0.05, 0.1) is 0 Å². The summed E-state index contributed by atoms with van der Waals surface area (Å²) in [5.41, 5.74) is 0.0873. The van der Waals surface area contributed by atoms with Crippen LogP contribution in [0.15, 0.2) is 17.5 Å². The Morgan fingerprint density at radius 3 is 2.85 bits per heavy atom. The molecule has 1 nitrogen and oxygen atoms in total. The van der Waals surface area contributed by atoms with E-state index in [2.05, 4.69) is 17.5 Å². The van der Waals surface area contributed by atoms with E-state index in [-0.39, 0.29) is 5.41 Å². The van der Waals surface area contributed by atoms with Crippen molar-refractivity contribution in [2.45, 2.75) is 32.6 Å². The van der Waals surface area contributed by atoms with Crippen molar-refractivity contribution in [1.29, 1.82) is 0 Å². The molecule has 1 heterocycles. The van der Waals surface area contributed by atoms with E-state index in [1.165, 1.54) is 4.88 Å². The molecule has 0 bridgehead atoms. The third kappa shape index (κ3) is 1.83. The molecule has 1 aliphatic rings. The molecular weight excluding hydrogens is 180 g/mol. The fourth-order valence-corrected chi connectivity index (χ4v) is 2.46. The van der Waals surface area contributed by atoms with Crippen molar-refractivity contribution < 1.29 is 4.79 Å². The first-order chi connectivity index (χ1) is 6.23. The molecule has 1 saturated carbocycles. The van der Waals surface area contributed by atoms with E-state index in [1.807, 2.05) is 0 Å². The normalized spacial score (nSPS) is 18.5. The molecule has 2 heteroatoms. The number of hydrogen-bond acceptors (Lipinski definition) is 2.